The molecule has 0 aromatic heterocycles. The molecule has 3 nitrogen and oxygen atoms in total. The van der Waals surface area contributed by atoms with Gasteiger partial charge >= 0.3 is 5.97 Å². The van der Waals surface area contributed by atoms with Gasteiger partial charge in [0.15, 0.2) is 0 Å². The Bertz CT molecular complexity index is 323. The van der Waals surface area contributed by atoms with Crippen LogP contribution in [0.4, 0.5) is 0 Å². The van der Waals surface area contributed by atoms with Crippen molar-refractivity contribution in [2.24, 2.45) is 0 Å². The Morgan fingerprint density at radius 3 is 2.85 bits per heavy atom. The van der Waals surface area contributed by atoms with E-state index < -0.39 is 5.97 Å². The minimum Gasteiger partial charge on any atom is -0.496 e. The van der Waals surface area contributed by atoms with Gasteiger partial charge in [0.25, 0.3) is 0 Å². The highest BCUT2D eigenvalue weighted by molar-refractivity contribution is 14.1. The van der Waals surface area contributed by atoms with Crippen molar-refractivity contribution in [3.05, 3.63) is 27.3 Å². The van der Waals surface area contributed by atoms with Crippen LogP contribution in [-0.2, 0) is 11.2 Å². The summed E-state index contributed by atoms with van der Waals surface area (Å²) in [6.45, 7) is 0. The lowest BCUT2D eigenvalue weighted by Crippen LogP contribution is -2.02. The molecule has 70 valence electrons. The summed E-state index contributed by atoms with van der Waals surface area (Å²) in [5.41, 5.74) is 0.704. The molecule has 0 aliphatic heterocycles. The standard InChI is InChI=1S/C9H9IO3/c1-13-8-5-7(10)3-2-6(8)4-9(11)12/h2-3,5H,4H2,1H3,(H,11,12). The van der Waals surface area contributed by atoms with Gasteiger partial charge in [0, 0.05) is 9.13 Å². The van der Waals surface area contributed by atoms with Crippen molar-refractivity contribution in [3.63, 3.8) is 0 Å². The zero-order valence-electron chi connectivity index (χ0n) is 7.08. The summed E-state index contributed by atoms with van der Waals surface area (Å²) < 4.78 is 6.09. The molecule has 0 atom stereocenters. The van der Waals surface area contributed by atoms with Crippen LogP contribution in [0, 0.1) is 3.57 Å². The number of aliphatic carboxylic acids is 1. The number of benzene rings is 1. The van der Waals surface area contributed by atoms with Gasteiger partial charge in [-0.25, -0.2) is 0 Å². The fraction of sp³-hybridized carbons (Fsp3) is 0.222. The molecule has 1 rings (SSSR count). The molecule has 1 N–H and O–H groups in total. The molecule has 0 saturated carbocycles. The summed E-state index contributed by atoms with van der Waals surface area (Å²) in [7, 11) is 1.54. The van der Waals surface area contributed by atoms with E-state index in [1.807, 2.05) is 12.1 Å². The molecule has 0 aliphatic rings. The predicted molar refractivity (Wildman–Crippen MR) is 57.1 cm³/mol. The van der Waals surface area contributed by atoms with Gasteiger partial charge in [-0.3, -0.25) is 4.79 Å². The van der Waals surface area contributed by atoms with Gasteiger partial charge < -0.3 is 9.84 Å². The quantitative estimate of drug-likeness (QED) is 0.866. The van der Waals surface area contributed by atoms with Crippen molar-refractivity contribution in [1.82, 2.24) is 0 Å². The van der Waals surface area contributed by atoms with Crippen LogP contribution < -0.4 is 4.74 Å². The number of carbonyl (C=O) groups is 1. The van der Waals surface area contributed by atoms with Gasteiger partial charge in [-0.05, 0) is 34.7 Å². The van der Waals surface area contributed by atoms with Gasteiger partial charge in [-0.2, -0.15) is 0 Å². The van der Waals surface area contributed by atoms with Crippen molar-refractivity contribution in [2.75, 3.05) is 7.11 Å². The molecule has 4 heteroatoms. The first kappa shape index (κ1) is 10.3. The number of hydrogen-bond acceptors (Lipinski definition) is 2. The Hall–Kier alpha value is -0.780. The summed E-state index contributed by atoms with van der Waals surface area (Å²) in [6.07, 6.45) is 0.0000926. The molecule has 0 aliphatic carbocycles. The highest BCUT2D eigenvalue weighted by Crippen LogP contribution is 2.21. The van der Waals surface area contributed by atoms with E-state index in [4.69, 9.17) is 9.84 Å². The van der Waals surface area contributed by atoms with E-state index in [1.165, 1.54) is 7.11 Å². The van der Waals surface area contributed by atoms with Crippen LogP contribution >= 0.6 is 22.6 Å². The summed E-state index contributed by atoms with van der Waals surface area (Å²) in [5, 5.41) is 8.60. The predicted octanol–water partition coefficient (Wildman–Crippen LogP) is 1.93. The second-order valence-corrected chi connectivity index (χ2v) is 3.77. The summed E-state index contributed by atoms with van der Waals surface area (Å²) >= 11 is 2.15. The Kier molecular flexibility index (Phi) is 3.53. The number of carboxylic acid groups (broad SMARTS) is 1. The molecule has 1 aromatic carbocycles. The van der Waals surface area contributed by atoms with Gasteiger partial charge in [0.2, 0.25) is 0 Å². The van der Waals surface area contributed by atoms with Crippen LogP contribution in [0.1, 0.15) is 5.56 Å². The first-order valence-corrected chi connectivity index (χ1v) is 4.75. The number of rotatable bonds is 3. The SMILES string of the molecule is COc1cc(I)ccc1CC(=O)O. The zero-order chi connectivity index (χ0) is 9.84. The average Bonchev–Trinajstić information content (AvgIpc) is 2.07. The lowest BCUT2D eigenvalue weighted by atomic mass is 10.1. The molecule has 0 fully saturated rings. The second-order valence-electron chi connectivity index (χ2n) is 2.53. The van der Waals surface area contributed by atoms with Crippen molar-refractivity contribution < 1.29 is 14.6 Å². The van der Waals surface area contributed by atoms with E-state index in [0.29, 0.717) is 11.3 Å². The number of hydrogen-bond donors (Lipinski definition) is 1. The van der Waals surface area contributed by atoms with Crippen molar-refractivity contribution in [2.45, 2.75) is 6.42 Å². The third kappa shape index (κ3) is 2.87. The van der Waals surface area contributed by atoms with E-state index in [0.717, 1.165) is 3.57 Å². The van der Waals surface area contributed by atoms with Gasteiger partial charge in [-0.1, -0.05) is 6.07 Å². The Morgan fingerprint density at radius 1 is 1.62 bits per heavy atom. The highest BCUT2D eigenvalue weighted by atomic mass is 127. The fourth-order valence-corrected chi connectivity index (χ4v) is 1.49. The first-order valence-electron chi connectivity index (χ1n) is 3.67. The molecular weight excluding hydrogens is 283 g/mol. The lowest BCUT2D eigenvalue weighted by Gasteiger charge is -2.06. The number of halogens is 1. The second kappa shape index (κ2) is 4.45. The van der Waals surface area contributed by atoms with Crippen LogP contribution in [0.2, 0.25) is 0 Å². The van der Waals surface area contributed by atoms with Gasteiger partial charge in [-0.15, -0.1) is 0 Å². The third-order valence-corrected chi connectivity index (χ3v) is 2.26. The first-order chi connectivity index (χ1) is 6.13. The minimum atomic E-state index is -0.848. The Balaban J connectivity index is 2.99. The van der Waals surface area contributed by atoms with Crippen molar-refractivity contribution in [3.8, 4) is 5.75 Å². The van der Waals surface area contributed by atoms with E-state index in [1.54, 1.807) is 6.07 Å². The molecule has 0 radical (unpaired) electrons. The highest BCUT2D eigenvalue weighted by Gasteiger charge is 2.07. The molecule has 0 unspecified atom stereocenters. The molecule has 1 aromatic rings. The molecule has 0 amide bonds. The smallest absolute Gasteiger partial charge is 0.307 e. The van der Waals surface area contributed by atoms with E-state index in [-0.39, 0.29) is 6.42 Å². The van der Waals surface area contributed by atoms with Crippen LogP contribution in [0.25, 0.3) is 0 Å². The van der Waals surface area contributed by atoms with Crippen LogP contribution in [-0.4, -0.2) is 18.2 Å². The minimum absolute atomic E-state index is 0.0000926. The molecular formula is C9H9IO3. The third-order valence-electron chi connectivity index (χ3n) is 1.59. The summed E-state index contributed by atoms with van der Waals surface area (Å²) in [5.74, 6) is -0.214. The topological polar surface area (TPSA) is 46.5 Å². The Labute approximate surface area is 89.9 Å². The summed E-state index contributed by atoms with van der Waals surface area (Å²) in [6, 6.07) is 5.45. The van der Waals surface area contributed by atoms with Gasteiger partial charge in [0.05, 0.1) is 13.5 Å². The maximum Gasteiger partial charge on any atom is 0.307 e. The van der Waals surface area contributed by atoms with Gasteiger partial charge in [0.1, 0.15) is 5.75 Å². The number of methoxy groups -OCH3 is 1. The molecule has 0 saturated heterocycles. The van der Waals surface area contributed by atoms with E-state index in [2.05, 4.69) is 22.6 Å². The Morgan fingerprint density at radius 2 is 2.31 bits per heavy atom. The van der Waals surface area contributed by atoms with Crippen LogP contribution in [0.15, 0.2) is 18.2 Å². The fourth-order valence-electron chi connectivity index (χ4n) is 1.03. The van der Waals surface area contributed by atoms with Crippen molar-refractivity contribution in [1.29, 1.82) is 0 Å². The molecule has 13 heavy (non-hydrogen) atoms. The van der Waals surface area contributed by atoms with Crippen LogP contribution in [0.5, 0.6) is 5.75 Å². The zero-order valence-corrected chi connectivity index (χ0v) is 9.24. The summed E-state index contributed by atoms with van der Waals surface area (Å²) in [4.78, 5) is 10.5. The van der Waals surface area contributed by atoms with Crippen LogP contribution in [0.3, 0.4) is 0 Å². The normalized spacial score (nSPS) is 9.69. The monoisotopic (exact) mass is 292 g/mol. The molecule has 0 heterocycles. The molecule has 0 spiro atoms. The van der Waals surface area contributed by atoms with E-state index >= 15 is 0 Å². The largest absolute Gasteiger partial charge is 0.496 e. The lowest BCUT2D eigenvalue weighted by molar-refractivity contribution is -0.136. The maximum absolute atomic E-state index is 10.5. The number of carboxylic acids is 1. The van der Waals surface area contributed by atoms with E-state index in [9.17, 15) is 4.79 Å². The average molecular weight is 292 g/mol. The van der Waals surface area contributed by atoms with Crippen molar-refractivity contribution >= 4 is 28.6 Å². The molecule has 0 bridgehead atoms. The number of ether oxygens (including phenoxy) is 1. The maximum atomic E-state index is 10.5.